The molecule has 0 spiro atoms. The molecule has 0 amide bonds. The van der Waals surface area contributed by atoms with Crippen LogP contribution in [-0.2, 0) is 0 Å². The van der Waals surface area contributed by atoms with Crippen molar-refractivity contribution in [1.82, 2.24) is 5.11 Å². The maximum Gasteiger partial charge on any atom is 0.0542 e. The predicted molar refractivity (Wildman–Crippen MR) is 38.4 cm³/mol. The average Bonchev–Trinajstić information content (AvgIpc) is 1.88. The molecule has 1 atom stereocenters. The van der Waals surface area contributed by atoms with Crippen LogP contribution in [0, 0.1) is 0 Å². The number of hydrogen-bond donors (Lipinski definition) is 0. The molecule has 0 radical (unpaired) electrons. The SMILES string of the molecule is FN(F)Pc1ccccc1. The van der Waals surface area contributed by atoms with Gasteiger partial charge >= 0.3 is 0 Å². The summed E-state index contributed by atoms with van der Waals surface area (Å²) >= 11 is 0. The number of hydrogen-bond acceptors (Lipinski definition) is 1. The van der Waals surface area contributed by atoms with Gasteiger partial charge in [-0.3, -0.25) is 0 Å². The number of halogens is 2. The molecule has 0 heterocycles. The molecular weight excluding hydrogens is 155 g/mol. The standard InChI is InChI=1S/C6H6F2NP/c7-9(8)10-6-4-2-1-3-5-6/h1-5,10H. The topological polar surface area (TPSA) is 3.24 Å². The van der Waals surface area contributed by atoms with Crippen molar-refractivity contribution < 1.29 is 8.96 Å². The predicted octanol–water partition coefficient (Wildman–Crippen LogP) is 1.98. The van der Waals surface area contributed by atoms with Crippen LogP contribution in [0.25, 0.3) is 0 Å². The molecule has 1 aromatic carbocycles. The van der Waals surface area contributed by atoms with Crippen LogP contribution in [0.3, 0.4) is 0 Å². The fourth-order valence-corrected chi connectivity index (χ4v) is 1.15. The first kappa shape index (κ1) is 7.58. The first-order chi connectivity index (χ1) is 4.79. The van der Waals surface area contributed by atoms with E-state index in [0.29, 0.717) is 5.30 Å². The molecule has 0 N–H and O–H groups in total. The Kier molecular flexibility index (Phi) is 2.72. The Morgan fingerprint density at radius 1 is 1.10 bits per heavy atom. The molecule has 0 bridgehead atoms. The van der Waals surface area contributed by atoms with E-state index in [-0.39, 0.29) is 0 Å². The Balaban J connectivity index is 2.59. The molecule has 0 saturated heterocycles. The van der Waals surface area contributed by atoms with E-state index in [0.717, 1.165) is 0 Å². The summed E-state index contributed by atoms with van der Waals surface area (Å²) in [5.74, 6) is 0. The minimum Gasteiger partial charge on any atom is -0.0973 e. The summed E-state index contributed by atoms with van der Waals surface area (Å²) in [5.41, 5.74) is 0. The monoisotopic (exact) mass is 161 g/mol. The Labute approximate surface area is 59.4 Å². The van der Waals surface area contributed by atoms with Crippen LogP contribution in [0.2, 0.25) is 0 Å². The summed E-state index contributed by atoms with van der Waals surface area (Å²) in [6.45, 7) is 0. The molecule has 0 fully saturated rings. The molecule has 4 heteroatoms. The quantitative estimate of drug-likeness (QED) is 0.473. The largest absolute Gasteiger partial charge is 0.0973 e. The van der Waals surface area contributed by atoms with Gasteiger partial charge in [0.1, 0.15) is 0 Å². The lowest BCUT2D eigenvalue weighted by atomic mass is 10.4. The van der Waals surface area contributed by atoms with Crippen molar-refractivity contribution in [2.45, 2.75) is 0 Å². The fraction of sp³-hybridized carbons (Fsp3) is 0. The molecule has 1 nitrogen and oxygen atoms in total. The summed E-state index contributed by atoms with van der Waals surface area (Å²) in [6, 6.07) is 8.63. The molecule has 1 aromatic rings. The molecule has 0 aromatic heterocycles. The zero-order valence-corrected chi connectivity index (χ0v) is 6.09. The Morgan fingerprint density at radius 2 is 1.70 bits per heavy atom. The van der Waals surface area contributed by atoms with Gasteiger partial charge in [-0.15, -0.1) is 0 Å². The van der Waals surface area contributed by atoms with Crippen molar-refractivity contribution in [1.29, 1.82) is 0 Å². The van der Waals surface area contributed by atoms with Crippen LogP contribution in [-0.4, -0.2) is 5.11 Å². The molecule has 0 saturated carbocycles. The summed E-state index contributed by atoms with van der Waals surface area (Å²) in [4.78, 5) is 0. The first-order valence-corrected chi connectivity index (χ1v) is 3.67. The van der Waals surface area contributed by atoms with E-state index in [9.17, 15) is 8.96 Å². The molecular formula is C6H6F2NP. The number of rotatable bonds is 2. The lowest BCUT2D eigenvalue weighted by Crippen LogP contribution is -1.97. The van der Waals surface area contributed by atoms with Gasteiger partial charge in [-0.25, -0.2) is 0 Å². The molecule has 1 unspecified atom stereocenters. The van der Waals surface area contributed by atoms with Crippen LogP contribution in [0.5, 0.6) is 0 Å². The third kappa shape index (κ3) is 2.38. The van der Waals surface area contributed by atoms with Gasteiger partial charge in [0, 0.05) is 5.11 Å². The van der Waals surface area contributed by atoms with Gasteiger partial charge in [0.2, 0.25) is 0 Å². The van der Waals surface area contributed by atoms with Crippen molar-refractivity contribution in [3.63, 3.8) is 0 Å². The molecule has 0 aliphatic rings. The van der Waals surface area contributed by atoms with E-state index in [4.69, 9.17) is 0 Å². The van der Waals surface area contributed by atoms with E-state index in [2.05, 4.69) is 0 Å². The van der Waals surface area contributed by atoms with Crippen LogP contribution < -0.4 is 5.30 Å². The minimum atomic E-state index is -0.810. The Hall–Kier alpha value is -0.530. The Bertz CT molecular complexity index is 190. The zero-order valence-electron chi connectivity index (χ0n) is 5.09. The highest BCUT2D eigenvalue weighted by Gasteiger charge is 1.98. The number of benzene rings is 1. The van der Waals surface area contributed by atoms with Gasteiger partial charge in [0.15, 0.2) is 0 Å². The third-order valence-corrected chi connectivity index (χ3v) is 1.75. The number of nitrogens with zero attached hydrogens (tertiary/aromatic N) is 1. The van der Waals surface area contributed by atoms with Gasteiger partial charge < -0.3 is 0 Å². The molecule has 10 heavy (non-hydrogen) atoms. The fourth-order valence-electron chi connectivity index (χ4n) is 0.610. The minimum absolute atomic E-state index is 0.539. The maximum atomic E-state index is 11.6. The summed E-state index contributed by atoms with van der Waals surface area (Å²) in [7, 11) is -0.539. The highest BCUT2D eigenvalue weighted by molar-refractivity contribution is 7.44. The smallest absolute Gasteiger partial charge is 0.0542 e. The van der Waals surface area contributed by atoms with E-state index < -0.39 is 13.8 Å². The van der Waals surface area contributed by atoms with Gasteiger partial charge in [0.05, 0.1) is 8.73 Å². The second kappa shape index (κ2) is 3.59. The Morgan fingerprint density at radius 3 is 2.20 bits per heavy atom. The van der Waals surface area contributed by atoms with Crippen molar-refractivity contribution >= 4 is 14.0 Å². The third-order valence-electron chi connectivity index (χ3n) is 0.987. The lowest BCUT2D eigenvalue weighted by Gasteiger charge is -1.98. The van der Waals surface area contributed by atoms with Crippen molar-refractivity contribution in [2.75, 3.05) is 0 Å². The van der Waals surface area contributed by atoms with Crippen molar-refractivity contribution in [3.05, 3.63) is 30.3 Å². The van der Waals surface area contributed by atoms with E-state index in [1.165, 1.54) is 0 Å². The zero-order chi connectivity index (χ0) is 7.40. The first-order valence-electron chi connectivity index (χ1n) is 2.72. The lowest BCUT2D eigenvalue weighted by molar-refractivity contribution is -0.0442. The highest BCUT2D eigenvalue weighted by atomic mass is 31.1. The molecule has 0 aliphatic carbocycles. The van der Waals surface area contributed by atoms with Crippen LogP contribution in [0.15, 0.2) is 30.3 Å². The van der Waals surface area contributed by atoms with E-state index in [1.807, 2.05) is 0 Å². The van der Waals surface area contributed by atoms with E-state index in [1.54, 1.807) is 30.3 Å². The highest BCUT2D eigenvalue weighted by Crippen LogP contribution is 2.17. The van der Waals surface area contributed by atoms with Crippen molar-refractivity contribution in [3.8, 4) is 0 Å². The normalized spacial score (nSPS) is 11.5. The van der Waals surface area contributed by atoms with Gasteiger partial charge in [-0.05, 0) is 5.30 Å². The maximum absolute atomic E-state index is 11.6. The van der Waals surface area contributed by atoms with Gasteiger partial charge in [-0.1, -0.05) is 39.3 Å². The van der Waals surface area contributed by atoms with E-state index >= 15 is 0 Å². The summed E-state index contributed by atoms with van der Waals surface area (Å²) in [5, 5.41) is -0.164. The van der Waals surface area contributed by atoms with Crippen LogP contribution in [0.4, 0.5) is 8.96 Å². The second-order valence-corrected chi connectivity index (χ2v) is 2.85. The molecule has 54 valence electrons. The molecule has 1 rings (SSSR count). The van der Waals surface area contributed by atoms with Crippen LogP contribution in [0.1, 0.15) is 0 Å². The van der Waals surface area contributed by atoms with Gasteiger partial charge in [0.25, 0.3) is 0 Å². The van der Waals surface area contributed by atoms with Crippen molar-refractivity contribution in [2.24, 2.45) is 0 Å². The van der Waals surface area contributed by atoms with Crippen LogP contribution >= 0.6 is 8.73 Å². The summed E-state index contributed by atoms with van der Waals surface area (Å²) < 4.78 is 23.1. The average molecular weight is 161 g/mol. The summed E-state index contributed by atoms with van der Waals surface area (Å²) in [6.07, 6.45) is 0. The molecule has 0 aliphatic heterocycles. The van der Waals surface area contributed by atoms with Gasteiger partial charge in [-0.2, -0.15) is 0 Å². The second-order valence-electron chi connectivity index (χ2n) is 1.71.